The van der Waals surface area contributed by atoms with E-state index in [0.717, 1.165) is 12.0 Å². The van der Waals surface area contributed by atoms with Gasteiger partial charge in [-0.25, -0.2) is 13.6 Å². The highest BCUT2D eigenvalue weighted by Crippen LogP contribution is 2.22. The van der Waals surface area contributed by atoms with Crippen molar-refractivity contribution >= 4 is 16.0 Å². The Kier molecular flexibility index (Phi) is 7.21. The van der Waals surface area contributed by atoms with Gasteiger partial charge >= 0.3 is 0 Å². The molecule has 152 valence electrons. The molecule has 0 amide bonds. The standard InChI is InChI=1S/C21H30N4O2S/c1-5-16-9-11-18(12-10-16)21(2,3)15-25-20(23-4)24-14-17-7-6-8-19(13-17)28(22,26)27/h6-13H,5,14-15H2,1-4H3,(H2,22,26,27)(H2,23,24,25). The first-order chi connectivity index (χ1) is 13.2. The number of guanidine groups is 1. The minimum atomic E-state index is -3.71. The summed E-state index contributed by atoms with van der Waals surface area (Å²) in [5.41, 5.74) is 3.32. The van der Waals surface area contributed by atoms with Gasteiger partial charge in [0.2, 0.25) is 10.0 Å². The average molecular weight is 403 g/mol. The molecule has 0 saturated heterocycles. The molecule has 0 fully saturated rings. The number of hydrogen-bond acceptors (Lipinski definition) is 3. The van der Waals surface area contributed by atoms with Crippen molar-refractivity contribution < 1.29 is 8.42 Å². The van der Waals surface area contributed by atoms with Crippen molar-refractivity contribution in [3.8, 4) is 0 Å². The zero-order chi connectivity index (χ0) is 20.8. The Balaban J connectivity index is 1.97. The Bertz CT molecular complexity index is 920. The molecular formula is C21H30N4O2S. The van der Waals surface area contributed by atoms with Gasteiger partial charge < -0.3 is 10.6 Å². The zero-order valence-corrected chi connectivity index (χ0v) is 17.8. The summed E-state index contributed by atoms with van der Waals surface area (Å²) in [4.78, 5) is 4.35. The van der Waals surface area contributed by atoms with E-state index in [4.69, 9.17) is 5.14 Å². The van der Waals surface area contributed by atoms with E-state index in [-0.39, 0.29) is 10.3 Å². The molecule has 0 radical (unpaired) electrons. The number of aliphatic imine (C=N–C) groups is 1. The zero-order valence-electron chi connectivity index (χ0n) is 17.0. The molecule has 2 rings (SSSR count). The average Bonchev–Trinajstić information content (AvgIpc) is 2.67. The van der Waals surface area contributed by atoms with Gasteiger partial charge in [-0.2, -0.15) is 0 Å². The van der Waals surface area contributed by atoms with Gasteiger partial charge in [-0.05, 0) is 35.2 Å². The molecule has 0 bridgehead atoms. The van der Waals surface area contributed by atoms with Crippen LogP contribution in [0.15, 0.2) is 58.4 Å². The van der Waals surface area contributed by atoms with E-state index < -0.39 is 10.0 Å². The Morgan fingerprint density at radius 1 is 1.07 bits per heavy atom. The molecule has 0 unspecified atom stereocenters. The fourth-order valence-electron chi connectivity index (χ4n) is 2.84. The minimum Gasteiger partial charge on any atom is -0.356 e. The summed E-state index contributed by atoms with van der Waals surface area (Å²) in [7, 11) is -2.00. The van der Waals surface area contributed by atoms with Crippen LogP contribution in [0.25, 0.3) is 0 Å². The lowest BCUT2D eigenvalue weighted by Gasteiger charge is -2.27. The number of primary sulfonamides is 1. The Morgan fingerprint density at radius 2 is 1.75 bits per heavy atom. The molecule has 4 N–H and O–H groups in total. The highest BCUT2D eigenvalue weighted by atomic mass is 32.2. The van der Waals surface area contributed by atoms with Crippen molar-refractivity contribution in [2.75, 3.05) is 13.6 Å². The second kappa shape index (κ2) is 9.21. The normalized spacial score (nSPS) is 12.7. The molecule has 0 aliphatic rings. The second-order valence-electron chi connectivity index (χ2n) is 7.41. The number of aryl methyl sites for hydroxylation is 1. The molecule has 7 heteroatoms. The largest absolute Gasteiger partial charge is 0.356 e. The number of nitrogens with one attached hydrogen (secondary N) is 2. The molecule has 2 aromatic rings. The topological polar surface area (TPSA) is 96.6 Å². The maximum atomic E-state index is 11.5. The first-order valence-corrected chi connectivity index (χ1v) is 10.9. The molecule has 0 atom stereocenters. The molecule has 28 heavy (non-hydrogen) atoms. The van der Waals surface area contributed by atoms with Crippen molar-refractivity contribution in [1.29, 1.82) is 0 Å². The van der Waals surface area contributed by atoms with Gasteiger partial charge in [-0.15, -0.1) is 0 Å². The molecule has 0 aromatic heterocycles. The highest BCUT2D eigenvalue weighted by Gasteiger charge is 2.21. The van der Waals surface area contributed by atoms with Crippen LogP contribution in [0.2, 0.25) is 0 Å². The van der Waals surface area contributed by atoms with Crippen molar-refractivity contribution in [2.24, 2.45) is 10.1 Å². The highest BCUT2D eigenvalue weighted by molar-refractivity contribution is 7.89. The van der Waals surface area contributed by atoms with Gasteiger partial charge in [0.1, 0.15) is 0 Å². The van der Waals surface area contributed by atoms with Crippen molar-refractivity contribution in [2.45, 2.75) is 44.0 Å². The number of hydrogen-bond donors (Lipinski definition) is 3. The van der Waals surface area contributed by atoms with Crippen molar-refractivity contribution in [3.05, 3.63) is 65.2 Å². The van der Waals surface area contributed by atoms with E-state index in [9.17, 15) is 8.42 Å². The number of rotatable bonds is 7. The lowest BCUT2D eigenvalue weighted by Crippen LogP contribution is -2.43. The van der Waals surface area contributed by atoms with E-state index in [2.05, 4.69) is 60.7 Å². The lowest BCUT2D eigenvalue weighted by molar-refractivity contribution is 0.508. The molecule has 0 aliphatic heterocycles. The molecule has 0 aliphatic carbocycles. The Hall–Kier alpha value is -2.38. The Morgan fingerprint density at radius 3 is 2.32 bits per heavy atom. The number of nitrogens with zero attached hydrogens (tertiary/aromatic N) is 1. The quantitative estimate of drug-likeness (QED) is 0.490. The number of benzene rings is 2. The summed E-state index contributed by atoms with van der Waals surface area (Å²) in [5.74, 6) is 0.652. The summed E-state index contributed by atoms with van der Waals surface area (Å²) in [6.45, 7) is 7.66. The van der Waals surface area contributed by atoms with Gasteiger partial charge in [0, 0.05) is 25.6 Å². The second-order valence-corrected chi connectivity index (χ2v) is 8.97. The van der Waals surface area contributed by atoms with Crippen LogP contribution in [0, 0.1) is 0 Å². The fourth-order valence-corrected chi connectivity index (χ4v) is 3.42. The first-order valence-electron chi connectivity index (χ1n) is 9.31. The van der Waals surface area contributed by atoms with Gasteiger partial charge in [-0.3, -0.25) is 4.99 Å². The number of nitrogens with two attached hydrogens (primary N) is 1. The molecule has 0 heterocycles. The van der Waals surface area contributed by atoms with Crippen LogP contribution in [0.1, 0.15) is 37.5 Å². The van der Waals surface area contributed by atoms with Gasteiger partial charge in [0.25, 0.3) is 0 Å². The third kappa shape index (κ3) is 6.07. The van der Waals surface area contributed by atoms with Crippen LogP contribution in [0.5, 0.6) is 0 Å². The van der Waals surface area contributed by atoms with E-state index in [0.29, 0.717) is 19.0 Å². The predicted octanol–water partition coefficient (Wildman–Crippen LogP) is 2.54. The maximum absolute atomic E-state index is 11.5. The SMILES string of the molecule is CCc1ccc(C(C)(C)CNC(=NC)NCc2cccc(S(N)(=O)=O)c2)cc1. The van der Waals surface area contributed by atoms with Crippen LogP contribution in [-0.2, 0) is 28.4 Å². The molecule has 0 spiro atoms. The summed E-state index contributed by atoms with van der Waals surface area (Å²) in [6.07, 6.45) is 1.03. The molecule has 0 saturated carbocycles. The van der Waals surface area contributed by atoms with Crippen LogP contribution < -0.4 is 15.8 Å². The van der Waals surface area contributed by atoms with Crippen LogP contribution in [0.3, 0.4) is 0 Å². The van der Waals surface area contributed by atoms with Crippen LogP contribution in [-0.4, -0.2) is 28.0 Å². The summed E-state index contributed by atoms with van der Waals surface area (Å²) >= 11 is 0. The molecule has 6 nitrogen and oxygen atoms in total. The van der Waals surface area contributed by atoms with E-state index in [1.165, 1.54) is 17.2 Å². The first kappa shape index (κ1) is 21.9. The predicted molar refractivity (Wildman–Crippen MR) is 115 cm³/mol. The van der Waals surface area contributed by atoms with Crippen molar-refractivity contribution in [3.63, 3.8) is 0 Å². The van der Waals surface area contributed by atoms with Crippen LogP contribution >= 0.6 is 0 Å². The third-order valence-corrected chi connectivity index (χ3v) is 5.66. The third-order valence-electron chi connectivity index (χ3n) is 4.75. The van der Waals surface area contributed by atoms with E-state index in [1.807, 2.05) is 6.07 Å². The number of sulfonamides is 1. The smallest absolute Gasteiger partial charge is 0.238 e. The van der Waals surface area contributed by atoms with Gasteiger partial charge in [0.05, 0.1) is 4.90 Å². The lowest BCUT2D eigenvalue weighted by atomic mass is 9.84. The van der Waals surface area contributed by atoms with Gasteiger partial charge in [-0.1, -0.05) is 57.2 Å². The molecular weight excluding hydrogens is 372 g/mol. The van der Waals surface area contributed by atoms with Gasteiger partial charge in [0.15, 0.2) is 5.96 Å². The minimum absolute atomic E-state index is 0.0720. The summed E-state index contributed by atoms with van der Waals surface area (Å²) in [6, 6.07) is 15.3. The summed E-state index contributed by atoms with van der Waals surface area (Å²) in [5, 5.41) is 11.8. The molecule has 2 aromatic carbocycles. The monoisotopic (exact) mass is 402 g/mol. The Labute approximate surface area is 168 Å². The van der Waals surface area contributed by atoms with E-state index >= 15 is 0 Å². The van der Waals surface area contributed by atoms with Crippen LogP contribution in [0.4, 0.5) is 0 Å². The van der Waals surface area contributed by atoms with Crippen molar-refractivity contribution in [1.82, 2.24) is 10.6 Å². The van der Waals surface area contributed by atoms with E-state index in [1.54, 1.807) is 19.2 Å². The fraction of sp³-hybridized carbons (Fsp3) is 0.381. The summed E-state index contributed by atoms with van der Waals surface area (Å²) < 4.78 is 23.0. The maximum Gasteiger partial charge on any atom is 0.238 e.